The Balaban J connectivity index is 2.24. The molecule has 0 amide bonds. The maximum absolute atomic E-state index is 12.5. The molecule has 0 saturated carbocycles. The molecule has 2 rings (SSSR count). The lowest BCUT2D eigenvalue weighted by Crippen LogP contribution is -2.25. The standard InChI is InChI=1S/C15H20N2O2S2/c1-3-12-6-4-5-7-13(12)9-17-21(18,19)15-11(2)10-20-14(15)8-16/h4-7,10,17H,3,8-9,16H2,1-2H3. The number of benzene rings is 1. The van der Waals surface area contributed by atoms with E-state index in [9.17, 15) is 8.42 Å². The summed E-state index contributed by atoms with van der Waals surface area (Å²) in [6.07, 6.45) is 0.878. The summed E-state index contributed by atoms with van der Waals surface area (Å²) >= 11 is 1.39. The normalized spacial score (nSPS) is 11.8. The third kappa shape index (κ3) is 3.52. The highest BCUT2D eigenvalue weighted by atomic mass is 32.2. The second kappa shape index (κ2) is 6.70. The van der Waals surface area contributed by atoms with Crippen molar-refractivity contribution in [3.05, 3.63) is 51.2 Å². The predicted molar refractivity (Wildman–Crippen MR) is 86.8 cm³/mol. The van der Waals surface area contributed by atoms with E-state index in [-0.39, 0.29) is 6.54 Å². The molecule has 114 valence electrons. The Labute approximate surface area is 130 Å². The van der Waals surface area contributed by atoms with Gasteiger partial charge in [0.2, 0.25) is 10.0 Å². The lowest BCUT2D eigenvalue weighted by molar-refractivity contribution is 0.580. The number of hydrogen-bond acceptors (Lipinski definition) is 4. The molecule has 0 aliphatic heterocycles. The van der Waals surface area contributed by atoms with Gasteiger partial charge in [-0.15, -0.1) is 11.3 Å². The smallest absolute Gasteiger partial charge is 0.242 e. The van der Waals surface area contributed by atoms with Crippen LogP contribution in [0.2, 0.25) is 0 Å². The SMILES string of the molecule is CCc1ccccc1CNS(=O)(=O)c1c(C)csc1CN. The van der Waals surface area contributed by atoms with Crippen LogP contribution < -0.4 is 10.5 Å². The van der Waals surface area contributed by atoms with Crippen LogP contribution in [0, 0.1) is 6.92 Å². The van der Waals surface area contributed by atoms with Gasteiger partial charge in [-0.2, -0.15) is 0 Å². The summed E-state index contributed by atoms with van der Waals surface area (Å²) in [6.45, 7) is 4.39. The number of aryl methyl sites for hydroxylation is 2. The first-order chi connectivity index (χ1) is 9.99. The minimum absolute atomic E-state index is 0.236. The van der Waals surface area contributed by atoms with Crippen LogP contribution in [0.4, 0.5) is 0 Å². The molecule has 0 spiro atoms. The van der Waals surface area contributed by atoms with E-state index in [2.05, 4.69) is 11.6 Å². The molecule has 21 heavy (non-hydrogen) atoms. The molecule has 1 aromatic carbocycles. The summed E-state index contributed by atoms with van der Waals surface area (Å²) in [5.74, 6) is 0. The minimum atomic E-state index is -3.53. The van der Waals surface area contributed by atoms with Gasteiger partial charge >= 0.3 is 0 Å². The molecule has 0 radical (unpaired) electrons. The zero-order valence-corrected chi connectivity index (χ0v) is 13.9. The Morgan fingerprint density at radius 2 is 1.90 bits per heavy atom. The van der Waals surface area contributed by atoms with Crippen LogP contribution in [-0.4, -0.2) is 8.42 Å². The van der Waals surface area contributed by atoms with Crippen LogP contribution in [-0.2, 0) is 29.5 Å². The van der Waals surface area contributed by atoms with E-state index in [4.69, 9.17) is 5.73 Å². The maximum atomic E-state index is 12.5. The van der Waals surface area contributed by atoms with Gasteiger partial charge in [0.1, 0.15) is 4.90 Å². The molecule has 0 unspecified atom stereocenters. The van der Waals surface area contributed by atoms with Crippen molar-refractivity contribution in [1.29, 1.82) is 0 Å². The first-order valence-corrected chi connectivity index (χ1v) is 9.19. The summed E-state index contributed by atoms with van der Waals surface area (Å²) in [6, 6.07) is 7.85. The van der Waals surface area contributed by atoms with Crippen molar-refractivity contribution in [3.63, 3.8) is 0 Å². The first-order valence-electron chi connectivity index (χ1n) is 6.83. The van der Waals surface area contributed by atoms with Gasteiger partial charge in [0.05, 0.1) is 0 Å². The second-order valence-electron chi connectivity index (χ2n) is 4.82. The Bertz CT molecular complexity index is 721. The van der Waals surface area contributed by atoms with Gasteiger partial charge in [-0.05, 0) is 35.4 Å². The summed E-state index contributed by atoms with van der Waals surface area (Å²) < 4.78 is 27.7. The van der Waals surface area contributed by atoms with E-state index >= 15 is 0 Å². The molecule has 1 heterocycles. The van der Waals surface area contributed by atoms with Gasteiger partial charge in [0, 0.05) is 18.0 Å². The topological polar surface area (TPSA) is 72.2 Å². The van der Waals surface area contributed by atoms with Crippen LogP contribution in [0.15, 0.2) is 34.5 Å². The van der Waals surface area contributed by atoms with Crippen LogP contribution in [0.3, 0.4) is 0 Å². The van der Waals surface area contributed by atoms with Crippen LogP contribution in [0.1, 0.15) is 28.5 Å². The third-order valence-electron chi connectivity index (χ3n) is 3.40. The summed E-state index contributed by atoms with van der Waals surface area (Å²) in [5, 5.41) is 1.83. The molecule has 0 saturated heterocycles. The molecular weight excluding hydrogens is 304 g/mol. The Morgan fingerprint density at radius 3 is 2.52 bits per heavy atom. The molecule has 4 nitrogen and oxygen atoms in total. The average molecular weight is 324 g/mol. The van der Waals surface area contributed by atoms with Crippen molar-refractivity contribution < 1.29 is 8.42 Å². The van der Waals surface area contributed by atoms with Gasteiger partial charge in [-0.1, -0.05) is 31.2 Å². The van der Waals surface area contributed by atoms with Crippen molar-refractivity contribution in [2.75, 3.05) is 0 Å². The number of rotatable bonds is 6. The van der Waals surface area contributed by atoms with E-state index in [1.54, 1.807) is 6.92 Å². The second-order valence-corrected chi connectivity index (χ2v) is 7.49. The minimum Gasteiger partial charge on any atom is -0.326 e. The fourth-order valence-corrected chi connectivity index (χ4v) is 5.01. The van der Waals surface area contributed by atoms with E-state index in [0.29, 0.717) is 16.3 Å². The number of sulfonamides is 1. The molecule has 3 N–H and O–H groups in total. The van der Waals surface area contributed by atoms with E-state index in [0.717, 1.165) is 23.1 Å². The van der Waals surface area contributed by atoms with E-state index < -0.39 is 10.0 Å². The quantitative estimate of drug-likeness (QED) is 0.858. The third-order valence-corrected chi connectivity index (χ3v) is 6.28. The highest BCUT2D eigenvalue weighted by molar-refractivity contribution is 7.89. The highest BCUT2D eigenvalue weighted by Gasteiger charge is 2.22. The van der Waals surface area contributed by atoms with Crippen molar-refractivity contribution >= 4 is 21.4 Å². The number of hydrogen-bond donors (Lipinski definition) is 2. The van der Waals surface area contributed by atoms with Crippen molar-refractivity contribution in [1.82, 2.24) is 4.72 Å². The molecular formula is C15H20N2O2S2. The average Bonchev–Trinajstić information content (AvgIpc) is 2.87. The van der Waals surface area contributed by atoms with Crippen LogP contribution in [0.5, 0.6) is 0 Å². The summed E-state index contributed by atoms with van der Waals surface area (Å²) in [7, 11) is -3.53. The van der Waals surface area contributed by atoms with Gasteiger partial charge in [0.15, 0.2) is 0 Å². The van der Waals surface area contributed by atoms with E-state index in [1.807, 2.05) is 29.6 Å². The zero-order valence-electron chi connectivity index (χ0n) is 12.2. The van der Waals surface area contributed by atoms with Crippen molar-refractivity contribution in [2.45, 2.75) is 38.3 Å². The summed E-state index contributed by atoms with van der Waals surface area (Å²) in [4.78, 5) is 1.03. The van der Waals surface area contributed by atoms with E-state index in [1.165, 1.54) is 11.3 Å². The monoisotopic (exact) mass is 324 g/mol. The number of nitrogens with two attached hydrogens (primary N) is 1. The molecule has 0 fully saturated rings. The number of nitrogens with one attached hydrogen (secondary N) is 1. The number of thiophene rings is 1. The Kier molecular flexibility index (Phi) is 5.16. The fraction of sp³-hybridized carbons (Fsp3) is 0.333. The molecule has 0 bridgehead atoms. The molecule has 0 aliphatic carbocycles. The largest absolute Gasteiger partial charge is 0.326 e. The predicted octanol–water partition coefficient (Wildman–Crippen LogP) is 2.56. The van der Waals surface area contributed by atoms with Crippen molar-refractivity contribution in [2.24, 2.45) is 5.73 Å². The van der Waals surface area contributed by atoms with Crippen molar-refractivity contribution in [3.8, 4) is 0 Å². The lowest BCUT2D eigenvalue weighted by Gasteiger charge is -2.11. The molecule has 0 atom stereocenters. The Hall–Kier alpha value is -1.21. The van der Waals surface area contributed by atoms with Crippen LogP contribution in [0.25, 0.3) is 0 Å². The van der Waals surface area contributed by atoms with Gasteiger partial charge in [0.25, 0.3) is 0 Å². The van der Waals surface area contributed by atoms with Gasteiger partial charge in [-0.25, -0.2) is 13.1 Å². The summed E-state index contributed by atoms with van der Waals surface area (Å²) in [5.41, 5.74) is 8.54. The Morgan fingerprint density at radius 1 is 1.24 bits per heavy atom. The zero-order chi connectivity index (χ0) is 15.5. The van der Waals surface area contributed by atoms with Gasteiger partial charge < -0.3 is 5.73 Å². The highest BCUT2D eigenvalue weighted by Crippen LogP contribution is 2.26. The van der Waals surface area contributed by atoms with Gasteiger partial charge in [-0.3, -0.25) is 0 Å². The molecule has 6 heteroatoms. The van der Waals surface area contributed by atoms with Crippen LogP contribution >= 0.6 is 11.3 Å². The molecule has 0 aliphatic rings. The molecule has 2 aromatic rings. The fourth-order valence-electron chi connectivity index (χ4n) is 2.31. The molecule has 1 aromatic heterocycles. The first kappa shape index (κ1) is 16.2. The maximum Gasteiger partial charge on any atom is 0.242 e. The lowest BCUT2D eigenvalue weighted by atomic mass is 10.1.